The predicted octanol–water partition coefficient (Wildman–Crippen LogP) is 5.89. The quantitative estimate of drug-likeness (QED) is 0.128. The molecule has 3 atom stereocenters. The number of hydroxylamine groups is 2. The van der Waals surface area contributed by atoms with Crippen molar-refractivity contribution in [3.8, 4) is 5.75 Å². The third-order valence-electron chi connectivity index (χ3n) is 7.88. The van der Waals surface area contributed by atoms with Crippen LogP contribution in [0.4, 0.5) is 13.2 Å². The molecule has 0 bridgehead atoms. The van der Waals surface area contributed by atoms with Crippen molar-refractivity contribution in [2.24, 2.45) is 0 Å². The van der Waals surface area contributed by atoms with Crippen molar-refractivity contribution >= 4 is 28.5 Å². The third kappa shape index (κ3) is 8.74. The average molecular weight is 661 g/mol. The number of unbranched alkanes of at least 4 members (excludes halogenated alkanes) is 1. The molecule has 15 heteroatoms. The van der Waals surface area contributed by atoms with Crippen LogP contribution in [0.15, 0.2) is 47.4 Å². The molecule has 2 aromatic rings. The van der Waals surface area contributed by atoms with E-state index in [0.29, 0.717) is 29.5 Å². The van der Waals surface area contributed by atoms with Crippen molar-refractivity contribution in [3.05, 3.63) is 59.2 Å². The molecule has 0 aromatic heterocycles. The molecular formula is C30H39F3N2O9S. The zero-order valence-electron chi connectivity index (χ0n) is 25.2. The largest absolute Gasteiger partial charge is 0.496 e. The Morgan fingerprint density at radius 2 is 1.80 bits per heavy atom. The van der Waals surface area contributed by atoms with Crippen molar-refractivity contribution in [1.29, 1.82) is 0 Å². The smallest absolute Gasteiger partial charge is 0.491 e. The van der Waals surface area contributed by atoms with Gasteiger partial charge in [0.1, 0.15) is 5.75 Å². The van der Waals surface area contributed by atoms with Crippen LogP contribution >= 0.6 is 10.6 Å². The van der Waals surface area contributed by atoms with Crippen LogP contribution in [-0.2, 0) is 25.7 Å². The zero-order chi connectivity index (χ0) is 33.6. The number of carbonyl (C=O) groups is 3. The van der Waals surface area contributed by atoms with E-state index in [9.17, 15) is 47.0 Å². The standard InChI is InChI=1S/C30H39F3N2O9S/c1-4-6-12-29(5-2)18-45(41,42)24-13-20(17-34-21(14-25(36)37)15-26(38)44-28(39)30(31,32)33)23(43-3)16-22(24)27(35(29)40)19-10-8-7-9-11-19/h7-11,13,16,21,27,34,40-42H,4-6,12,14-15,17-18H2,1-3H3,(H,36,37)/t21?,27-,29-/m1/s1. The summed E-state index contributed by atoms with van der Waals surface area (Å²) < 4.78 is 70.3. The lowest BCUT2D eigenvalue weighted by Crippen LogP contribution is -2.50. The lowest BCUT2D eigenvalue weighted by Gasteiger charge is -2.45. The maximum Gasteiger partial charge on any atom is 0.491 e. The van der Waals surface area contributed by atoms with E-state index in [2.05, 4.69) is 10.1 Å². The van der Waals surface area contributed by atoms with Crippen molar-refractivity contribution in [2.75, 3.05) is 12.9 Å². The molecule has 0 saturated heterocycles. The molecule has 3 rings (SSSR count). The molecule has 1 unspecified atom stereocenters. The number of fused-ring (bicyclic) bond motifs is 1. The monoisotopic (exact) mass is 660 g/mol. The summed E-state index contributed by atoms with van der Waals surface area (Å²) in [6.45, 7) is 3.66. The Labute approximate surface area is 260 Å². The van der Waals surface area contributed by atoms with Gasteiger partial charge in [-0.2, -0.15) is 28.8 Å². The Morgan fingerprint density at radius 3 is 2.36 bits per heavy atom. The van der Waals surface area contributed by atoms with Crippen LogP contribution in [0.25, 0.3) is 0 Å². The molecule has 0 amide bonds. The number of nitrogens with zero attached hydrogens (tertiary/aromatic N) is 1. The Morgan fingerprint density at radius 1 is 1.13 bits per heavy atom. The van der Waals surface area contributed by atoms with E-state index in [1.54, 1.807) is 18.2 Å². The fourth-order valence-electron chi connectivity index (χ4n) is 5.54. The van der Waals surface area contributed by atoms with E-state index in [1.165, 1.54) is 18.2 Å². The molecular weight excluding hydrogens is 621 g/mol. The first kappa shape index (κ1) is 36.3. The van der Waals surface area contributed by atoms with Crippen molar-refractivity contribution in [1.82, 2.24) is 10.4 Å². The van der Waals surface area contributed by atoms with Crippen LogP contribution in [-0.4, -0.2) is 73.0 Å². The van der Waals surface area contributed by atoms with Gasteiger partial charge in [0.25, 0.3) is 0 Å². The van der Waals surface area contributed by atoms with Gasteiger partial charge in [-0.25, -0.2) is 4.79 Å². The predicted molar refractivity (Wildman–Crippen MR) is 158 cm³/mol. The highest BCUT2D eigenvalue weighted by molar-refractivity contribution is 8.24. The number of methoxy groups -OCH3 is 1. The Bertz CT molecular complexity index is 1360. The Balaban J connectivity index is 2.05. The summed E-state index contributed by atoms with van der Waals surface area (Å²) in [5.74, 6) is -5.60. The summed E-state index contributed by atoms with van der Waals surface area (Å²) in [4.78, 5) is 34.6. The van der Waals surface area contributed by atoms with Gasteiger partial charge in [-0.1, -0.05) is 57.0 Å². The maximum atomic E-state index is 12.5. The molecule has 0 aliphatic carbocycles. The van der Waals surface area contributed by atoms with Crippen LogP contribution in [0.2, 0.25) is 0 Å². The van der Waals surface area contributed by atoms with E-state index < -0.39 is 65.1 Å². The van der Waals surface area contributed by atoms with Crippen molar-refractivity contribution in [2.45, 2.75) is 87.6 Å². The molecule has 1 aliphatic heterocycles. The van der Waals surface area contributed by atoms with Gasteiger partial charge >= 0.3 is 24.1 Å². The second-order valence-electron chi connectivity index (χ2n) is 11.0. The second-order valence-corrected chi connectivity index (χ2v) is 13.1. The van der Waals surface area contributed by atoms with Gasteiger partial charge in [0.2, 0.25) is 0 Å². The minimum absolute atomic E-state index is 0.143. The lowest BCUT2D eigenvalue weighted by molar-refractivity contribution is -0.202. The van der Waals surface area contributed by atoms with Crippen molar-refractivity contribution < 1.29 is 56.4 Å². The molecule has 1 aliphatic rings. The first-order valence-electron chi connectivity index (χ1n) is 14.4. The van der Waals surface area contributed by atoms with Crippen LogP contribution in [0.3, 0.4) is 0 Å². The topological polar surface area (TPSA) is 166 Å². The molecule has 0 radical (unpaired) electrons. The van der Waals surface area contributed by atoms with Crippen molar-refractivity contribution in [3.63, 3.8) is 0 Å². The molecule has 5 N–H and O–H groups in total. The minimum atomic E-state index is -5.41. The van der Waals surface area contributed by atoms with Gasteiger partial charge in [0.05, 0.1) is 42.2 Å². The average Bonchev–Trinajstić information content (AvgIpc) is 3.04. The van der Waals surface area contributed by atoms with Gasteiger partial charge < -0.3 is 25.1 Å². The zero-order valence-corrected chi connectivity index (χ0v) is 26.0. The Hall–Kier alpha value is -3.21. The number of aliphatic carboxylic acids is 1. The van der Waals surface area contributed by atoms with E-state index in [1.807, 2.05) is 32.0 Å². The number of alkyl halides is 3. The number of benzene rings is 2. The van der Waals surface area contributed by atoms with Gasteiger partial charge in [-0.05, 0) is 30.5 Å². The highest BCUT2D eigenvalue weighted by atomic mass is 32.3. The number of hydrogen-bond acceptors (Lipinski definition) is 10. The SMILES string of the molecule is CCCC[C@]1(CC)CS(O)(O)c2cc(CNC(CC(=O)O)CC(=O)OC(=O)C(F)(F)F)c(OC)cc2[C@@H](c2ccccc2)N1O. The molecule has 0 spiro atoms. The molecule has 2 aromatic carbocycles. The minimum Gasteiger partial charge on any atom is -0.496 e. The van der Waals surface area contributed by atoms with Crippen LogP contribution in [0, 0.1) is 0 Å². The number of carbonyl (C=O) groups excluding carboxylic acids is 2. The molecule has 0 saturated carbocycles. The summed E-state index contributed by atoms with van der Waals surface area (Å²) in [6, 6.07) is 10.0. The molecule has 1 heterocycles. The number of carboxylic acid groups (broad SMARTS) is 1. The molecule has 45 heavy (non-hydrogen) atoms. The van der Waals surface area contributed by atoms with Crippen LogP contribution < -0.4 is 10.1 Å². The fourth-order valence-corrected chi connectivity index (χ4v) is 7.81. The number of carboxylic acids is 1. The number of esters is 2. The highest BCUT2D eigenvalue weighted by Gasteiger charge is 2.48. The summed E-state index contributed by atoms with van der Waals surface area (Å²) >= 11 is 0. The van der Waals surface area contributed by atoms with E-state index in [4.69, 9.17) is 4.74 Å². The number of halogens is 3. The van der Waals surface area contributed by atoms with E-state index >= 15 is 0 Å². The first-order chi connectivity index (χ1) is 21.1. The van der Waals surface area contributed by atoms with Gasteiger partial charge in [0.15, 0.2) is 0 Å². The Kier molecular flexibility index (Phi) is 12.0. The number of ether oxygens (including phenoxy) is 2. The van der Waals surface area contributed by atoms with Gasteiger partial charge in [-0.15, -0.1) is 0 Å². The highest BCUT2D eigenvalue weighted by Crippen LogP contribution is 2.60. The second kappa shape index (κ2) is 14.9. The number of nitrogens with one attached hydrogen (secondary N) is 1. The third-order valence-corrected chi connectivity index (χ3v) is 9.88. The summed E-state index contributed by atoms with van der Waals surface area (Å²) in [5, 5.41) is 25.2. The normalized spacial score (nSPS) is 21.2. The van der Waals surface area contributed by atoms with E-state index in [0.717, 1.165) is 12.8 Å². The van der Waals surface area contributed by atoms with Crippen LogP contribution in [0.1, 0.15) is 75.1 Å². The van der Waals surface area contributed by atoms with Gasteiger partial charge in [0, 0.05) is 23.7 Å². The molecule has 0 fully saturated rings. The summed E-state index contributed by atoms with van der Waals surface area (Å²) in [5.41, 5.74) is 0.391. The summed E-state index contributed by atoms with van der Waals surface area (Å²) in [7, 11) is -2.19. The summed E-state index contributed by atoms with van der Waals surface area (Å²) in [6.07, 6.45) is -4.55. The van der Waals surface area contributed by atoms with Gasteiger partial charge in [-0.3, -0.25) is 18.7 Å². The first-order valence-corrected chi connectivity index (χ1v) is 16.1. The molecule has 250 valence electrons. The van der Waals surface area contributed by atoms with Crippen LogP contribution in [0.5, 0.6) is 5.75 Å². The maximum absolute atomic E-state index is 12.5. The van der Waals surface area contributed by atoms with E-state index in [-0.39, 0.29) is 22.9 Å². The number of hydrogen-bond donors (Lipinski definition) is 5. The lowest BCUT2D eigenvalue weighted by atomic mass is 9.87. The number of rotatable bonds is 13. The fraction of sp³-hybridized carbons (Fsp3) is 0.500. The molecule has 11 nitrogen and oxygen atoms in total.